The predicted molar refractivity (Wildman–Crippen MR) is 72.4 cm³/mol. The summed E-state index contributed by atoms with van der Waals surface area (Å²) in [5.74, 6) is 0.0447. The van der Waals surface area contributed by atoms with Gasteiger partial charge in [0.05, 0.1) is 0 Å². The van der Waals surface area contributed by atoms with E-state index in [9.17, 15) is 9.59 Å². The molecule has 0 spiro atoms. The van der Waals surface area contributed by atoms with Crippen LogP contribution in [-0.4, -0.2) is 23.3 Å². The number of nitrogens with zero attached hydrogens (tertiary/aromatic N) is 1. The molecule has 0 aromatic carbocycles. The molecule has 19 heavy (non-hydrogen) atoms. The lowest BCUT2D eigenvalue weighted by atomic mass is 9.73. The van der Waals surface area contributed by atoms with Crippen LogP contribution in [0.5, 0.6) is 0 Å². The summed E-state index contributed by atoms with van der Waals surface area (Å²) in [7, 11) is 0. The van der Waals surface area contributed by atoms with Gasteiger partial charge in [-0.2, -0.15) is 0 Å². The minimum absolute atomic E-state index is 0.0447. The maximum atomic E-state index is 12.3. The Morgan fingerprint density at radius 2 is 2.00 bits per heavy atom. The number of carbonyl (C=O) groups excluding carboxylic acids is 2. The van der Waals surface area contributed by atoms with Crippen molar-refractivity contribution in [2.45, 2.75) is 38.6 Å². The molecule has 5 heteroatoms. The van der Waals surface area contributed by atoms with Gasteiger partial charge in [0.15, 0.2) is 0 Å². The lowest BCUT2D eigenvalue weighted by Gasteiger charge is -2.35. The van der Waals surface area contributed by atoms with Gasteiger partial charge in [0.1, 0.15) is 0 Å². The fourth-order valence-electron chi connectivity index (χ4n) is 2.46. The van der Waals surface area contributed by atoms with Gasteiger partial charge in [-0.1, -0.05) is 6.92 Å². The minimum Gasteiger partial charge on any atom is -0.356 e. The van der Waals surface area contributed by atoms with E-state index in [0.29, 0.717) is 0 Å². The molecule has 1 heterocycles. The molecule has 0 atom stereocenters. The molecule has 0 unspecified atom stereocenters. The normalized spacial score (nSPS) is 26.5. The van der Waals surface area contributed by atoms with Gasteiger partial charge in [0.2, 0.25) is 12.3 Å². The van der Waals surface area contributed by atoms with Crippen molar-refractivity contribution in [1.29, 1.82) is 0 Å². The van der Waals surface area contributed by atoms with Gasteiger partial charge < -0.3 is 10.6 Å². The topological polar surface area (TPSA) is 71.1 Å². The zero-order valence-corrected chi connectivity index (χ0v) is 11.1. The summed E-state index contributed by atoms with van der Waals surface area (Å²) in [4.78, 5) is 26.7. The summed E-state index contributed by atoms with van der Waals surface area (Å²) in [6, 6.07) is 3.76. The van der Waals surface area contributed by atoms with Crippen molar-refractivity contribution in [2.75, 3.05) is 5.32 Å². The van der Waals surface area contributed by atoms with Gasteiger partial charge in [-0.05, 0) is 37.8 Å². The van der Waals surface area contributed by atoms with E-state index in [4.69, 9.17) is 0 Å². The molecule has 0 aliphatic heterocycles. The second-order valence-electron chi connectivity index (χ2n) is 5.31. The van der Waals surface area contributed by atoms with Crippen molar-refractivity contribution in [3.8, 4) is 0 Å². The van der Waals surface area contributed by atoms with E-state index in [0.717, 1.165) is 37.8 Å². The maximum absolute atomic E-state index is 12.3. The molecule has 1 saturated carbocycles. The highest BCUT2D eigenvalue weighted by Crippen LogP contribution is 2.36. The molecule has 1 aromatic rings. The Hall–Kier alpha value is -1.91. The number of hydrogen-bond acceptors (Lipinski definition) is 3. The van der Waals surface area contributed by atoms with Gasteiger partial charge in [-0.25, -0.2) is 0 Å². The van der Waals surface area contributed by atoms with Crippen molar-refractivity contribution < 1.29 is 9.59 Å². The van der Waals surface area contributed by atoms with Gasteiger partial charge in [-0.3, -0.25) is 14.6 Å². The van der Waals surface area contributed by atoms with Crippen LogP contribution in [-0.2, 0) is 9.59 Å². The Morgan fingerprint density at radius 1 is 1.37 bits per heavy atom. The average Bonchev–Trinajstić information content (AvgIpc) is 2.43. The Kier molecular flexibility index (Phi) is 4.14. The number of amides is 2. The SMILES string of the molecule is C[C@]1(C(=O)Nc2ccncc2)CC[C@H](NC=O)CC1. The summed E-state index contributed by atoms with van der Waals surface area (Å²) in [5.41, 5.74) is 0.416. The monoisotopic (exact) mass is 261 g/mol. The molecule has 0 radical (unpaired) electrons. The van der Waals surface area contributed by atoms with Gasteiger partial charge >= 0.3 is 0 Å². The molecule has 102 valence electrons. The third-order valence-electron chi connectivity index (χ3n) is 3.88. The first kappa shape index (κ1) is 13.5. The number of nitrogens with one attached hydrogen (secondary N) is 2. The summed E-state index contributed by atoms with van der Waals surface area (Å²) in [6.45, 7) is 1.99. The van der Waals surface area contributed by atoms with Crippen LogP contribution in [0.2, 0.25) is 0 Å². The number of pyridine rings is 1. The first-order valence-corrected chi connectivity index (χ1v) is 6.55. The molecule has 1 aliphatic carbocycles. The molecule has 1 fully saturated rings. The number of anilines is 1. The lowest BCUT2D eigenvalue weighted by molar-refractivity contribution is -0.126. The van der Waals surface area contributed by atoms with Crippen LogP contribution in [0.4, 0.5) is 5.69 Å². The van der Waals surface area contributed by atoms with Crippen molar-refractivity contribution in [2.24, 2.45) is 5.41 Å². The van der Waals surface area contributed by atoms with Gasteiger partial charge in [0, 0.05) is 29.5 Å². The standard InChI is InChI=1S/C14H19N3O2/c1-14(6-2-11(3-7-14)16-10-18)13(19)17-12-4-8-15-9-5-12/h4-5,8-11H,2-3,6-7H2,1H3,(H,16,18)(H,15,17,19)/t11-,14-. The highest BCUT2D eigenvalue weighted by atomic mass is 16.2. The Morgan fingerprint density at radius 3 is 2.58 bits per heavy atom. The second-order valence-corrected chi connectivity index (χ2v) is 5.31. The third-order valence-corrected chi connectivity index (χ3v) is 3.88. The molecule has 2 N–H and O–H groups in total. The molecule has 2 rings (SSSR count). The molecular weight excluding hydrogens is 242 g/mol. The Labute approximate surface area is 112 Å². The van der Waals surface area contributed by atoms with Crippen molar-refractivity contribution in [3.05, 3.63) is 24.5 Å². The molecule has 1 aromatic heterocycles. The van der Waals surface area contributed by atoms with E-state index in [1.165, 1.54) is 0 Å². The first-order valence-electron chi connectivity index (χ1n) is 6.55. The first-order chi connectivity index (χ1) is 9.14. The zero-order chi connectivity index (χ0) is 13.7. The van der Waals surface area contributed by atoms with E-state index < -0.39 is 0 Å². The fraction of sp³-hybridized carbons (Fsp3) is 0.500. The van der Waals surface area contributed by atoms with Crippen molar-refractivity contribution in [3.63, 3.8) is 0 Å². The number of rotatable bonds is 4. The van der Waals surface area contributed by atoms with Crippen LogP contribution >= 0.6 is 0 Å². The smallest absolute Gasteiger partial charge is 0.230 e. The minimum atomic E-state index is -0.357. The van der Waals surface area contributed by atoms with Crippen LogP contribution in [0.25, 0.3) is 0 Å². The molecule has 1 aliphatic rings. The van der Waals surface area contributed by atoms with Crippen LogP contribution in [0.15, 0.2) is 24.5 Å². The zero-order valence-electron chi connectivity index (χ0n) is 11.1. The maximum Gasteiger partial charge on any atom is 0.230 e. The van der Waals surface area contributed by atoms with E-state index >= 15 is 0 Å². The van der Waals surface area contributed by atoms with Crippen molar-refractivity contribution in [1.82, 2.24) is 10.3 Å². The Bertz CT molecular complexity index is 439. The summed E-state index contributed by atoms with van der Waals surface area (Å²) >= 11 is 0. The van der Waals surface area contributed by atoms with E-state index in [1.54, 1.807) is 24.5 Å². The van der Waals surface area contributed by atoms with E-state index in [1.807, 2.05) is 6.92 Å². The number of carbonyl (C=O) groups is 2. The van der Waals surface area contributed by atoms with Crippen LogP contribution in [0.1, 0.15) is 32.6 Å². The quantitative estimate of drug-likeness (QED) is 0.811. The predicted octanol–water partition coefficient (Wildman–Crippen LogP) is 1.71. The summed E-state index contributed by atoms with van der Waals surface area (Å²) in [6.07, 6.45) is 7.32. The third kappa shape index (κ3) is 3.30. The summed E-state index contributed by atoms with van der Waals surface area (Å²) < 4.78 is 0. The van der Waals surface area contributed by atoms with E-state index in [2.05, 4.69) is 15.6 Å². The van der Waals surface area contributed by atoms with Crippen LogP contribution < -0.4 is 10.6 Å². The van der Waals surface area contributed by atoms with Crippen molar-refractivity contribution >= 4 is 18.0 Å². The van der Waals surface area contributed by atoms with E-state index in [-0.39, 0.29) is 17.4 Å². The van der Waals surface area contributed by atoms with Gasteiger partial charge in [0.25, 0.3) is 0 Å². The average molecular weight is 261 g/mol. The highest BCUT2D eigenvalue weighted by Gasteiger charge is 2.37. The molecule has 0 bridgehead atoms. The second kappa shape index (κ2) is 5.82. The number of aromatic nitrogens is 1. The molecule has 0 saturated heterocycles. The fourth-order valence-corrected chi connectivity index (χ4v) is 2.46. The Balaban J connectivity index is 1.94. The van der Waals surface area contributed by atoms with Crippen LogP contribution in [0, 0.1) is 5.41 Å². The molecule has 2 amide bonds. The molecular formula is C14H19N3O2. The van der Waals surface area contributed by atoms with Gasteiger partial charge in [-0.15, -0.1) is 0 Å². The van der Waals surface area contributed by atoms with Crippen LogP contribution in [0.3, 0.4) is 0 Å². The summed E-state index contributed by atoms with van der Waals surface area (Å²) in [5, 5.41) is 5.72. The molecule has 5 nitrogen and oxygen atoms in total. The largest absolute Gasteiger partial charge is 0.356 e. The lowest BCUT2D eigenvalue weighted by Crippen LogP contribution is -2.41. The highest BCUT2D eigenvalue weighted by molar-refractivity contribution is 5.95. The number of hydrogen-bond donors (Lipinski definition) is 2.